The fourth-order valence-electron chi connectivity index (χ4n) is 2.00. The standard InChI is InChI=1S/C16H20N2S/c1-2-18-15(11-14-7-6-10-17-12-14)13-19-16-8-4-3-5-9-16/h3-10,12,15,18H,2,11,13H2,1H3. The molecule has 100 valence electrons. The van der Waals surface area contributed by atoms with Crippen molar-refractivity contribution in [3.05, 3.63) is 60.4 Å². The maximum Gasteiger partial charge on any atom is 0.0300 e. The van der Waals surface area contributed by atoms with E-state index in [4.69, 9.17) is 0 Å². The quantitative estimate of drug-likeness (QED) is 0.782. The molecule has 1 N–H and O–H groups in total. The fourth-order valence-corrected chi connectivity index (χ4v) is 2.97. The first-order valence-electron chi connectivity index (χ1n) is 6.68. The summed E-state index contributed by atoms with van der Waals surface area (Å²) >= 11 is 1.90. The number of pyridine rings is 1. The Morgan fingerprint density at radius 3 is 2.68 bits per heavy atom. The Bertz CT molecular complexity index is 459. The maximum atomic E-state index is 4.18. The van der Waals surface area contributed by atoms with Gasteiger partial charge < -0.3 is 5.32 Å². The lowest BCUT2D eigenvalue weighted by Gasteiger charge is -2.17. The number of hydrogen-bond acceptors (Lipinski definition) is 3. The molecule has 0 radical (unpaired) electrons. The van der Waals surface area contributed by atoms with Crippen LogP contribution in [0.4, 0.5) is 0 Å². The number of thioether (sulfide) groups is 1. The molecule has 0 saturated carbocycles. The molecule has 19 heavy (non-hydrogen) atoms. The second kappa shape index (κ2) is 7.97. The van der Waals surface area contributed by atoms with Gasteiger partial charge >= 0.3 is 0 Å². The van der Waals surface area contributed by atoms with Gasteiger partial charge in [-0.1, -0.05) is 31.2 Å². The predicted molar refractivity (Wildman–Crippen MR) is 82.6 cm³/mol. The van der Waals surface area contributed by atoms with Crippen molar-refractivity contribution in [2.24, 2.45) is 0 Å². The van der Waals surface area contributed by atoms with Crippen LogP contribution in [0.2, 0.25) is 0 Å². The van der Waals surface area contributed by atoms with E-state index < -0.39 is 0 Å². The first kappa shape index (κ1) is 14.1. The normalized spacial score (nSPS) is 12.3. The molecule has 0 saturated heterocycles. The number of aromatic nitrogens is 1. The second-order valence-corrected chi connectivity index (χ2v) is 5.54. The fraction of sp³-hybridized carbons (Fsp3) is 0.312. The largest absolute Gasteiger partial charge is 0.313 e. The molecule has 2 rings (SSSR count). The molecule has 0 fully saturated rings. The molecule has 1 aromatic carbocycles. The van der Waals surface area contributed by atoms with Crippen molar-refractivity contribution in [3.63, 3.8) is 0 Å². The lowest BCUT2D eigenvalue weighted by molar-refractivity contribution is 0.572. The minimum absolute atomic E-state index is 0.486. The Labute approximate surface area is 119 Å². The van der Waals surface area contributed by atoms with E-state index in [0.717, 1.165) is 18.7 Å². The molecule has 1 unspecified atom stereocenters. The van der Waals surface area contributed by atoms with E-state index >= 15 is 0 Å². The minimum Gasteiger partial charge on any atom is -0.313 e. The van der Waals surface area contributed by atoms with Gasteiger partial charge in [-0.3, -0.25) is 4.98 Å². The van der Waals surface area contributed by atoms with Crippen LogP contribution in [0.15, 0.2) is 59.8 Å². The molecule has 0 bridgehead atoms. The molecule has 2 nitrogen and oxygen atoms in total. The molecule has 0 spiro atoms. The van der Waals surface area contributed by atoms with Crippen LogP contribution in [0.3, 0.4) is 0 Å². The van der Waals surface area contributed by atoms with E-state index in [1.165, 1.54) is 10.5 Å². The van der Waals surface area contributed by atoms with Crippen molar-refractivity contribution in [2.75, 3.05) is 12.3 Å². The summed E-state index contributed by atoms with van der Waals surface area (Å²) in [5.74, 6) is 1.08. The molecule has 3 heteroatoms. The van der Waals surface area contributed by atoms with Crippen LogP contribution in [-0.2, 0) is 6.42 Å². The van der Waals surface area contributed by atoms with Crippen molar-refractivity contribution in [1.29, 1.82) is 0 Å². The van der Waals surface area contributed by atoms with Gasteiger partial charge in [-0.15, -0.1) is 11.8 Å². The Morgan fingerprint density at radius 1 is 1.16 bits per heavy atom. The van der Waals surface area contributed by atoms with E-state index in [0.29, 0.717) is 6.04 Å². The molecule has 1 atom stereocenters. The van der Waals surface area contributed by atoms with Gasteiger partial charge in [-0.2, -0.15) is 0 Å². The summed E-state index contributed by atoms with van der Waals surface area (Å²) in [6.45, 7) is 3.16. The lowest BCUT2D eigenvalue weighted by atomic mass is 10.1. The van der Waals surface area contributed by atoms with Gasteiger partial charge in [0.2, 0.25) is 0 Å². The predicted octanol–water partition coefficient (Wildman–Crippen LogP) is 3.39. The topological polar surface area (TPSA) is 24.9 Å². The molecule has 0 aliphatic rings. The third-order valence-electron chi connectivity index (χ3n) is 2.89. The molecular weight excluding hydrogens is 252 g/mol. The summed E-state index contributed by atoms with van der Waals surface area (Å²) in [4.78, 5) is 5.51. The highest BCUT2D eigenvalue weighted by molar-refractivity contribution is 7.99. The molecule has 2 aromatic rings. The monoisotopic (exact) mass is 272 g/mol. The summed E-state index contributed by atoms with van der Waals surface area (Å²) in [6.07, 6.45) is 4.81. The molecule has 0 amide bonds. The first-order chi connectivity index (χ1) is 9.38. The van der Waals surface area contributed by atoms with Gasteiger partial charge in [-0.25, -0.2) is 0 Å². The number of benzene rings is 1. The summed E-state index contributed by atoms with van der Waals surface area (Å²) in [6, 6.07) is 15.2. The Hall–Kier alpha value is -1.32. The first-order valence-corrected chi connectivity index (χ1v) is 7.67. The highest BCUT2D eigenvalue weighted by atomic mass is 32.2. The van der Waals surface area contributed by atoms with Gasteiger partial charge in [0, 0.05) is 29.1 Å². The summed E-state index contributed by atoms with van der Waals surface area (Å²) in [7, 11) is 0. The van der Waals surface area contributed by atoms with Crippen LogP contribution in [0.5, 0.6) is 0 Å². The zero-order valence-corrected chi connectivity index (χ0v) is 12.1. The molecule has 0 aliphatic heterocycles. The Kier molecular flexibility index (Phi) is 5.92. The SMILES string of the molecule is CCNC(CSc1ccccc1)Cc1cccnc1. The number of hydrogen-bond donors (Lipinski definition) is 1. The second-order valence-electron chi connectivity index (χ2n) is 4.44. The van der Waals surface area contributed by atoms with Crippen LogP contribution >= 0.6 is 11.8 Å². The highest BCUT2D eigenvalue weighted by Crippen LogP contribution is 2.19. The van der Waals surface area contributed by atoms with Crippen LogP contribution in [0.1, 0.15) is 12.5 Å². The summed E-state index contributed by atoms with van der Waals surface area (Å²) in [5, 5.41) is 3.55. The number of rotatable bonds is 7. The van der Waals surface area contributed by atoms with Crippen molar-refractivity contribution >= 4 is 11.8 Å². The minimum atomic E-state index is 0.486. The summed E-state index contributed by atoms with van der Waals surface area (Å²) < 4.78 is 0. The highest BCUT2D eigenvalue weighted by Gasteiger charge is 2.09. The number of nitrogens with zero attached hydrogens (tertiary/aromatic N) is 1. The van der Waals surface area contributed by atoms with Crippen LogP contribution in [0, 0.1) is 0 Å². The average molecular weight is 272 g/mol. The van der Waals surface area contributed by atoms with Gasteiger partial charge in [-0.05, 0) is 36.7 Å². The molecule has 0 aliphatic carbocycles. The van der Waals surface area contributed by atoms with E-state index in [1.54, 1.807) is 0 Å². The number of likely N-dealkylation sites (N-methyl/N-ethyl adjacent to an activating group) is 1. The molecule has 1 aromatic heterocycles. The van der Waals surface area contributed by atoms with Gasteiger partial charge in [0.15, 0.2) is 0 Å². The smallest absolute Gasteiger partial charge is 0.0300 e. The third-order valence-corrected chi connectivity index (χ3v) is 4.07. The van der Waals surface area contributed by atoms with Gasteiger partial charge in [0.05, 0.1) is 0 Å². The third kappa shape index (κ3) is 5.05. The van der Waals surface area contributed by atoms with Crippen LogP contribution in [-0.4, -0.2) is 23.3 Å². The van der Waals surface area contributed by atoms with Crippen molar-refractivity contribution in [2.45, 2.75) is 24.3 Å². The van der Waals surface area contributed by atoms with Crippen LogP contribution in [0.25, 0.3) is 0 Å². The zero-order chi connectivity index (χ0) is 13.3. The molecular formula is C16H20N2S. The van der Waals surface area contributed by atoms with E-state index in [9.17, 15) is 0 Å². The van der Waals surface area contributed by atoms with Crippen LogP contribution < -0.4 is 5.32 Å². The van der Waals surface area contributed by atoms with Crippen molar-refractivity contribution < 1.29 is 0 Å². The maximum absolute atomic E-state index is 4.18. The van der Waals surface area contributed by atoms with Gasteiger partial charge in [0.25, 0.3) is 0 Å². The summed E-state index contributed by atoms with van der Waals surface area (Å²) in [5.41, 5.74) is 1.29. The molecule has 1 heterocycles. The van der Waals surface area contributed by atoms with E-state index in [2.05, 4.69) is 53.6 Å². The van der Waals surface area contributed by atoms with E-state index in [-0.39, 0.29) is 0 Å². The van der Waals surface area contributed by atoms with Crippen molar-refractivity contribution in [1.82, 2.24) is 10.3 Å². The van der Waals surface area contributed by atoms with Crippen molar-refractivity contribution in [3.8, 4) is 0 Å². The Balaban J connectivity index is 1.89. The van der Waals surface area contributed by atoms with Gasteiger partial charge in [0.1, 0.15) is 0 Å². The lowest BCUT2D eigenvalue weighted by Crippen LogP contribution is -2.33. The van der Waals surface area contributed by atoms with E-state index in [1.807, 2.05) is 30.2 Å². The zero-order valence-electron chi connectivity index (χ0n) is 11.3. The Morgan fingerprint density at radius 2 is 2.00 bits per heavy atom. The average Bonchev–Trinajstić information content (AvgIpc) is 2.47. The number of nitrogens with one attached hydrogen (secondary N) is 1.